The molecule has 0 saturated heterocycles. The molecule has 0 spiro atoms. The zero-order valence-corrected chi connectivity index (χ0v) is 12.2. The van der Waals surface area contributed by atoms with Crippen LogP contribution >= 0.6 is 11.6 Å². The monoisotopic (exact) mass is 291 g/mol. The molecule has 1 aromatic carbocycles. The molecule has 0 heterocycles. The van der Waals surface area contributed by atoms with Crippen molar-refractivity contribution in [3.8, 4) is 0 Å². The molecular formula is C12H18ClNO3S. The van der Waals surface area contributed by atoms with Gasteiger partial charge in [-0.05, 0) is 51.0 Å². The molecular weight excluding hydrogens is 274 g/mol. The molecule has 0 radical (unpaired) electrons. The average Bonchev–Trinajstić information content (AvgIpc) is 2.13. The maximum atomic E-state index is 12.1. The van der Waals surface area contributed by atoms with Gasteiger partial charge in [0.05, 0.1) is 11.0 Å². The predicted octanol–water partition coefficient (Wildman–Crippen LogP) is 2.09. The third-order valence-electron chi connectivity index (χ3n) is 2.48. The van der Waals surface area contributed by atoms with Crippen LogP contribution in [0.5, 0.6) is 0 Å². The van der Waals surface area contributed by atoms with Gasteiger partial charge >= 0.3 is 0 Å². The Hall–Kier alpha value is -0.620. The number of sulfonamides is 1. The van der Waals surface area contributed by atoms with Crippen LogP contribution in [0.1, 0.15) is 25.8 Å². The van der Waals surface area contributed by atoms with Crippen LogP contribution in [0.25, 0.3) is 0 Å². The Morgan fingerprint density at radius 3 is 2.50 bits per heavy atom. The topological polar surface area (TPSA) is 66.4 Å². The van der Waals surface area contributed by atoms with Gasteiger partial charge in [0.2, 0.25) is 10.0 Å². The number of rotatable bonds is 5. The summed E-state index contributed by atoms with van der Waals surface area (Å²) in [6, 6.07) is 4.30. The lowest BCUT2D eigenvalue weighted by atomic mass is 10.2. The minimum Gasteiger partial charge on any atom is -0.393 e. The van der Waals surface area contributed by atoms with Crippen LogP contribution in [0.15, 0.2) is 23.1 Å². The summed E-state index contributed by atoms with van der Waals surface area (Å²) in [5.74, 6) is 0. The van der Waals surface area contributed by atoms with Crippen molar-refractivity contribution in [2.24, 2.45) is 0 Å². The van der Waals surface area contributed by atoms with Crippen LogP contribution in [-0.4, -0.2) is 25.7 Å². The highest BCUT2D eigenvalue weighted by Crippen LogP contribution is 2.20. The van der Waals surface area contributed by atoms with Crippen molar-refractivity contribution < 1.29 is 13.5 Å². The maximum absolute atomic E-state index is 12.1. The Labute approximate surface area is 113 Å². The van der Waals surface area contributed by atoms with Gasteiger partial charge in [-0.1, -0.05) is 11.6 Å². The number of nitrogens with one attached hydrogen (secondary N) is 1. The van der Waals surface area contributed by atoms with Crippen LogP contribution in [0, 0.1) is 6.92 Å². The minimum atomic E-state index is -3.57. The van der Waals surface area contributed by atoms with E-state index in [4.69, 9.17) is 11.6 Å². The number of aliphatic hydroxyl groups excluding tert-OH is 1. The molecule has 0 aliphatic carbocycles. The van der Waals surface area contributed by atoms with E-state index in [0.717, 1.165) is 0 Å². The van der Waals surface area contributed by atoms with Crippen LogP contribution in [-0.2, 0) is 10.0 Å². The summed E-state index contributed by atoms with van der Waals surface area (Å²) in [4.78, 5) is 0.212. The number of halogens is 1. The molecule has 1 rings (SSSR count). The number of hydrogen-bond donors (Lipinski definition) is 2. The van der Waals surface area contributed by atoms with Gasteiger partial charge in [0, 0.05) is 11.1 Å². The molecule has 1 aromatic rings. The molecule has 4 nitrogen and oxygen atoms in total. The standard InChI is InChI=1S/C12H18ClNO3S/c1-8-6-11(13)4-5-12(8)18(16,17)14-9(2)7-10(3)15/h4-6,9-10,14-15H,7H2,1-3H3. The second kappa shape index (κ2) is 6.02. The lowest BCUT2D eigenvalue weighted by Gasteiger charge is -2.16. The van der Waals surface area contributed by atoms with E-state index in [2.05, 4.69) is 4.72 Å². The normalized spacial score (nSPS) is 15.4. The number of aliphatic hydroxyl groups is 1. The highest BCUT2D eigenvalue weighted by atomic mass is 35.5. The SMILES string of the molecule is Cc1cc(Cl)ccc1S(=O)(=O)NC(C)CC(C)O. The van der Waals surface area contributed by atoms with Gasteiger partial charge in [-0.25, -0.2) is 13.1 Å². The van der Waals surface area contributed by atoms with Gasteiger partial charge in [-0.2, -0.15) is 0 Å². The molecule has 0 amide bonds. The van der Waals surface area contributed by atoms with Crippen LogP contribution in [0.4, 0.5) is 0 Å². The molecule has 0 saturated carbocycles. The van der Waals surface area contributed by atoms with E-state index in [1.54, 1.807) is 32.9 Å². The number of hydrogen-bond acceptors (Lipinski definition) is 3. The third-order valence-corrected chi connectivity index (χ3v) is 4.46. The van der Waals surface area contributed by atoms with E-state index < -0.39 is 16.1 Å². The second-order valence-corrected chi connectivity index (χ2v) is 6.64. The van der Waals surface area contributed by atoms with E-state index in [0.29, 0.717) is 17.0 Å². The second-order valence-electron chi connectivity index (χ2n) is 4.52. The Balaban J connectivity index is 2.93. The largest absolute Gasteiger partial charge is 0.393 e. The molecule has 0 aliphatic rings. The Morgan fingerprint density at radius 1 is 1.39 bits per heavy atom. The molecule has 0 aliphatic heterocycles. The molecule has 2 unspecified atom stereocenters. The first kappa shape index (κ1) is 15.4. The van der Waals surface area contributed by atoms with Gasteiger partial charge in [0.1, 0.15) is 0 Å². The van der Waals surface area contributed by atoms with Crippen LogP contribution in [0.3, 0.4) is 0 Å². The first-order valence-electron chi connectivity index (χ1n) is 5.69. The number of aryl methyl sites for hydroxylation is 1. The average molecular weight is 292 g/mol. The summed E-state index contributed by atoms with van der Waals surface area (Å²) in [5, 5.41) is 9.73. The van der Waals surface area contributed by atoms with E-state index in [1.165, 1.54) is 6.07 Å². The fourth-order valence-electron chi connectivity index (χ4n) is 1.80. The van der Waals surface area contributed by atoms with E-state index >= 15 is 0 Å². The molecule has 6 heteroatoms. The summed E-state index contributed by atoms with van der Waals surface area (Å²) in [6.07, 6.45) is -0.180. The summed E-state index contributed by atoms with van der Waals surface area (Å²) >= 11 is 5.79. The molecule has 2 atom stereocenters. The molecule has 0 bridgehead atoms. The zero-order valence-electron chi connectivity index (χ0n) is 10.6. The van der Waals surface area contributed by atoms with Gasteiger partial charge in [-0.15, -0.1) is 0 Å². The first-order chi connectivity index (χ1) is 8.22. The van der Waals surface area contributed by atoms with E-state index in [9.17, 15) is 13.5 Å². The Morgan fingerprint density at radius 2 is 2.00 bits per heavy atom. The first-order valence-corrected chi connectivity index (χ1v) is 7.55. The summed E-state index contributed by atoms with van der Waals surface area (Å²) in [6.45, 7) is 5.04. The van der Waals surface area contributed by atoms with Gasteiger partial charge < -0.3 is 5.11 Å². The fraction of sp³-hybridized carbons (Fsp3) is 0.500. The smallest absolute Gasteiger partial charge is 0.241 e. The molecule has 18 heavy (non-hydrogen) atoms. The van der Waals surface area contributed by atoms with Gasteiger partial charge in [-0.3, -0.25) is 0 Å². The Bertz CT molecular complexity index is 514. The van der Waals surface area contributed by atoms with Crippen LogP contribution < -0.4 is 4.72 Å². The third kappa shape index (κ3) is 4.24. The summed E-state index contributed by atoms with van der Waals surface area (Å²) in [7, 11) is -3.57. The lowest BCUT2D eigenvalue weighted by molar-refractivity contribution is 0.175. The van der Waals surface area contributed by atoms with Crippen molar-refractivity contribution in [1.82, 2.24) is 4.72 Å². The van der Waals surface area contributed by atoms with Crippen molar-refractivity contribution in [2.75, 3.05) is 0 Å². The molecule has 2 N–H and O–H groups in total. The molecule has 0 fully saturated rings. The quantitative estimate of drug-likeness (QED) is 0.873. The number of benzene rings is 1. The maximum Gasteiger partial charge on any atom is 0.241 e. The lowest BCUT2D eigenvalue weighted by Crippen LogP contribution is -2.35. The summed E-state index contributed by atoms with van der Waals surface area (Å²) < 4.78 is 26.8. The van der Waals surface area contributed by atoms with Gasteiger partial charge in [0.15, 0.2) is 0 Å². The predicted molar refractivity (Wildman–Crippen MR) is 72.3 cm³/mol. The van der Waals surface area contributed by atoms with Crippen molar-refractivity contribution in [2.45, 2.75) is 44.2 Å². The van der Waals surface area contributed by atoms with Gasteiger partial charge in [0.25, 0.3) is 0 Å². The fourth-order valence-corrected chi connectivity index (χ4v) is 3.51. The molecule has 102 valence electrons. The minimum absolute atomic E-state index is 0.212. The van der Waals surface area contributed by atoms with Crippen molar-refractivity contribution in [3.05, 3.63) is 28.8 Å². The molecule has 0 aromatic heterocycles. The zero-order chi connectivity index (χ0) is 13.9. The van der Waals surface area contributed by atoms with Crippen molar-refractivity contribution in [1.29, 1.82) is 0 Å². The van der Waals surface area contributed by atoms with Crippen molar-refractivity contribution in [3.63, 3.8) is 0 Å². The Kier molecular flexibility index (Phi) is 5.16. The highest BCUT2D eigenvalue weighted by Gasteiger charge is 2.20. The summed E-state index contributed by atoms with van der Waals surface area (Å²) in [5.41, 5.74) is 0.597. The highest BCUT2D eigenvalue weighted by molar-refractivity contribution is 7.89. The van der Waals surface area contributed by atoms with Crippen LogP contribution in [0.2, 0.25) is 5.02 Å². The van der Waals surface area contributed by atoms with E-state index in [1.807, 2.05) is 0 Å². The van der Waals surface area contributed by atoms with E-state index in [-0.39, 0.29) is 10.9 Å². The van der Waals surface area contributed by atoms with Crippen molar-refractivity contribution >= 4 is 21.6 Å².